The minimum atomic E-state index is -0.692. The molecule has 0 atom stereocenters. The molecule has 0 fully saturated rings. The summed E-state index contributed by atoms with van der Waals surface area (Å²) in [6.45, 7) is 3.44. The molecule has 25 heavy (non-hydrogen) atoms. The number of aromatic amines is 1. The number of aryl methyl sites for hydroxylation is 2. The van der Waals surface area contributed by atoms with E-state index in [-0.39, 0.29) is 18.0 Å². The summed E-state index contributed by atoms with van der Waals surface area (Å²) in [6.07, 6.45) is 0. The minimum Gasteiger partial charge on any atom is -0.454 e. The lowest BCUT2D eigenvalue weighted by Gasteiger charge is -2.08. The maximum absolute atomic E-state index is 12.4. The molecule has 0 radical (unpaired) electrons. The number of esters is 1. The number of ketones is 1. The second-order valence-electron chi connectivity index (χ2n) is 5.96. The van der Waals surface area contributed by atoms with Gasteiger partial charge >= 0.3 is 5.97 Å². The molecule has 5 heteroatoms. The first-order valence-corrected chi connectivity index (χ1v) is 7.85. The average Bonchev–Trinajstić information content (AvgIpc) is 2.59. The molecule has 1 aromatic heterocycles. The van der Waals surface area contributed by atoms with Crippen molar-refractivity contribution in [2.24, 2.45) is 0 Å². The first-order valence-electron chi connectivity index (χ1n) is 7.85. The molecular weight excluding hydrogens is 318 g/mol. The molecule has 0 aliphatic heterocycles. The van der Waals surface area contributed by atoms with E-state index in [1.807, 2.05) is 32.0 Å². The summed E-state index contributed by atoms with van der Waals surface area (Å²) >= 11 is 0. The van der Waals surface area contributed by atoms with Crippen LogP contribution in [0.25, 0.3) is 10.9 Å². The zero-order chi connectivity index (χ0) is 18.0. The summed E-state index contributed by atoms with van der Waals surface area (Å²) in [6, 6.07) is 13.6. The number of Topliss-reactive ketones (excluding diaryl/α,β-unsaturated/α-hetero) is 1. The number of carbonyl (C=O) groups excluding carboxylic acids is 2. The van der Waals surface area contributed by atoms with Crippen molar-refractivity contribution >= 4 is 22.7 Å². The Bertz CT molecular complexity index is 1020. The van der Waals surface area contributed by atoms with Gasteiger partial charge < -0.3 is 9.72 Å². The topological polar surface area (TPSA) is 76.2 Å². The molecule has 0 amide bonds. The van der Waals surface area contributed by atoms with Crippen LogP contribution in [0.4, 0.5) is 0 Å². The van der Waals surface area contributed by atoms with Crippen LogP contribution < -0.4 is 5.56 Å². The summed E-state index contributed by atoms with van der Waals surface area (Å²) < 4.78 is 5.14. The predicted molar refractivity (Wildman–Crippen MR) is 95.1 cm³/mol. The first kappa shape index (κ1) is 16.6. The van der Waals surface area contributed by atoms with Crippen LogP contribution in [-0.2, 0) is 4.74 Å². The van der Waals surface area contributed by atoms with Crippen LogP contribution in [0.1, 0.15) is 31.8 Å². The van der Waals surface area contributed by atoms with E-state index in [0.29, 0.717) is 16.5 Å². The number of fused-ring (bicyclic) bond motifs is 1. The van der Waals surface area contributed by atoms with Gasteiger partial charge in [0.05, 0.1) is 5.56 Å². The Morgan fingerprint density at radius 2 is 1.64 bits per heavy atom. The van der Waals surface area contributed by atoms with Gasteiger partial charge in [0.1, 0.15) is 0 Å². The number of hydrogen-bond acceptors (Lipinski definition) is 4. The van der Waals surface area contributed by atoms with Gasteiger partial charge in [-0.05, 0) is 26.0 Å². The van der Waals surface area contributed by atoms with Crippen molar-refractivity contribution in [3.8, 4) is 0 Å². The van der Waals surface area contributed by atoms with Gasteiger partial charge in [-0.1, -0.05) is 41.5 Å². The number of H-pyrrole nitrogens is 1. The van der Waals surface area contributed by atoms with Crippen molar-refractivity contribution in [3.05, 3.63) is 81.1 Å². The zero-order valence-corrected chi connectivity index (χ0v) is 14.0. The Balaban J connectivity index is 1.83. The number of aromatic nitrogens is 1. The van der Waals surface area contributed by atoms with Crippen LogP contribution in [0.3, 0.4) is 0 Å². The maximum Gasteiger partial charge on any atom is 0.339 e. The number of pyridine rings is 1. The van der Waals surface area contributed by atoms with E-state index in [1.165, 1.54) is 6.07 Å². The van der Waals surface area contributed by atoms with E-state index < -0.39 is 11.5 Å². The third kappa shape index (κ3) is 3.66. The zero-order valence-electron chi connectivity index (χ0n) is 14.0. The quantitative estimate of drug-likeness (QED) is 0.587. The van der Waals surface area contributed by atoms with Crippen LogP contribution in [0.15, 0.2) is 53.3 Å². The Kier molecular flexibility index (Phi) is 4.48. The van der Waals surface area contributed by atoms with Crippen molar-refractivity contribution in [2.75, 3.05) is 6.61 Å². The number of benzene rings is 2. The molecule has 0 aliphatic rings. The molecule has 1 heterocycles. The average molecular weight is 335 g/mol. The standard InChI is InChI=1S/C20H17NO4/c1-12-3-6-14(7-4-12)18(22)11-25-20(24)16-10-19(23)21-17-8-5-13(2)9-15(16)17/h3-10H,11H2,1-2H3,(H,21,23). The lowest BCUT2D eigenvalue weighted by Crippen LogP contribution is -2.17. The largest absolute Gasteiger partial charge is 0.454 e. The van der Waals surface area contributed by atoms with Gasteiger partial charge in [-0.3, -0.25) is 9.59 Å². The molecule has 0 unspecified atom stereocenters. The van der Waals surface area contributed by atoms with Crippen molar-refractivity contribution in [2.45, 2.75) is 13.8 Å². The highest BCUT2D eigenvalue weighted by Crippen LogP contribution is 2.18. The number of rotatable bonds is 4. The lowest BCUT2D eigenvalue weighted by molar-refractivity contribution is 0.0476. The van der Waals surface area contributed by atoms with E-state index >= 15 is 0 Å². The molecule has 0 saturated carbocycles. The molecule has 2 aromatic carbocycles. The molecule has 0 aliphatic carbocycles. The van der Waals surface area contributed by atoms with Crippen molar-refractivity contribution < 1.29 is 14.3 Å². The molecule has 126 valence electrons. The van der Waals surface area contributed by atoms with E-state index in [9.17, 15) is 14.4 Å². The molecule has 1 N–H and O–H groups in total. The van der Waals surface area contributed by atoms with Gasteiger partial charge in [0.2, 0.25) is 5.56 Å². The first-order chi connectivity index (χ1) is 11.9. The Morgan fingerprint density at radius 3 is 2.36 bits per heavy atom. The number of carbonyl (C=O) groups is 2. The van der Waals surface area contributed by atoms with Crippen LogP contribution >= 0.6 is 0 Å². The second-order valence-corrected chi connectivity index (χ2v) is 5.96. The molecule has 3 aromatic rings. The van der Waals surface area contributed by atoms with E-state index in [2.05, 4.69) is 4.98 Å². The molecular formula is C20H17NO4. The molecule has 0 saturated heterocycles. The highest BCUT2D eigenvalue weighted by atomic mass is 16.5. The van der Waals surface area contributed by atoms with Gasteiger partial charge in [0, 0.05) is 22.5 Å². The summed E-state index contributed by atoms with van der Waals surface area (Å²) in [5.74, 6) is -0.985. The van der Waals surface area contributed by atoms with Crippen molar-refractivity contribution in [1.29, 1.82) is 0 Å². The van der Waals surface area contributed by atoms with E-state index in [0.717, 1.165) is 11.1 Å². The molecule has 3 rings (SSSR count). The van der Waals surface area contributed by atoms with Gasteiger partial charge in [0.25, 0.3) is 0 Å². The third-order valence-corrected chi connectivity index (χ3v) is 3.93. The van der Waals surface area contributed by atoms with Crippen LogP contribution in [0, 0.1) is 13.8 Å². The smallest absolute Gasteiger partial charge is 0.339 e. The highest BCUT2D eigenvalue weighted by molar-refractivity contribution is 6.05. The van der Waals surface area contributed by atoms with Gasteiger partial charge in [-0.15, -0.1) is 0 Å². The van der Waals surface area contributed by atoms with Crippen LogP contribution in [-0.4, -0.2) is 23.3 Å². The fraction of sp³-hybridized carbons (Fsp3) is 0.150. The number of hydrogen-bond donors (Lipinski definition) is 1. The second kappa shape index (κ2) is 6.73. The van der Waals surface area contributed by atoms with E-state index in [4.69, 9.17) is 4.74 Å². The van der Waals surface area contributed by atoms with Crippen LogP contribution in [0.2, 0.25) is 0 Å². The number of nitrogens with one attached hydrogen (secondary N) is 1. The van der Waals surface area contributed by atoms with Crippen molar-refractivity contribution in [1.82, 2.24) is 4.98 Å². The normalized spacial score (nSPS) is 10.6. The summed E-state index contributed by atoms with van der Waals surface area (Å²) in [5, 5.41) is 0.590. The van der Waals surface area contributed by atoms with Crippen molar-refractivity contribution in [3.63, 3.8) is 0 Å². The van der Waals surface area contributed by atoms with E-state index in [1.54, 1.807) is 24.3 Å². The third-order valence-electron chi connectivity index (χ3n) is 3.93. The summed E-state index contributed by atoms with van der Waals surface area (Å²) in [5.41, 5.74) is 2.77. The SMILES string of the molecule is Cc1ccc(C(=O)COC(=O)c2cc(=O)[nH]c3ccc(C)cc23)cc1. The fourth-order valence-electron chi connectivity index (χ4n) is 2.57. The molecule has 0 bridgehead atoms. The summed E-state index contributed by atoms with van der Waals surface area (Å²) in [7, 11) is 0. The predicted octanol–water partition coefficient (Wildman–Crippen LogP) is 3.18. The monoisotopic (exact) mass is 335 g/mol. The van der Waals surface area contributed by atoms with Gasteiger partial charge in [0.15, 0.2) is 12.4 Å². The Labute approximate surface area is 144 Å². The lowest BCUT2D eigenvalue weighted by atomic mass is 10.1. The minimum absolute atomic E-state index is 0.152. The Morgan fingerprint density at radius 1 is 0.960 bits per heavy atom. The Hall–Kier alpha value is -3.21. The van der Waals surface area contributed by atoms with Gasteiger partial charge in [-0.25, -0.2) is 4.79 Å². The maximum atomic E-state index is 12.4. The molecule has 0 spiro atoms. The fourth-order valence-corrected chi connectivity index (χ4v) is 2.57. The van der Waals surface area contributed by atoms with Gasteiger partial charge in [-0.2, -0.15) is 0 Å². The highest BCUT2D eigenvalue weighted by Gasteiger charge is 2.16. The summed E-state index contributed by atoms with van der Waals surface area (Å²) in [4.78, 5) is 38.9. The van der Waals surface area contributed by atoms with Crippen LogP contribution in [0.5, 0.6) is 0 Å². The number of ether oxygens (including phenoxy) is 1. The molecule has 5 nitrogen and oxygen atoms in total.